The zero-order chi connectivity index (χ0) is 17.9. The minimum atomic E-state index is -0.00138. The van der Waals surface area contributed by atoms with E-state index in [4.69, 9.17) is 0 Å². The van der Waals surface area contributed by atoms with Gasteiger partial charge in [-0.25, -0.2) is 9.48 Å². The molecule has 1 aromatic carbocycles. The first-order chi connectivity index (χ1) is 12.7. The van der Waals surface area contributed by atoms with Gasteiger partial charge in [0.1, 0.15) is 0 Å². The molecule has 4 rings (SSSR count). The number of hydrogen-bond acceptors (Lipinski definition) is 3. The first kappa shape index (κ1) is 16.6. The lowest BCUT2D eigenvalue weighted by molar-refractivity contribution is -0.132. The van der Waals surface area contributed by atoms with E-state index in [9.17, 15) is 9.59 Å². The van der Waals surface area contributed by atoms with Crippen LogP contribution >= 0.6 is 0 Å². The van der Waals surface area contributed by atoms with Crippen LogP contribution in [0.2, 0.25) is 0 Å². The molecule has 1 atom stereocenters. The van der Waals surface area contributed by atoms with Crippen LogP contribution in [0.1, 0.15) is 18.4 Å². The number of nitrogens with zero attached hydrogens (tertiary/aromatic N) is 4. The molecule has 2 aromatic rings. The Bertz CT molecular complexity index is 772. The fourth-order valence-corrected chi connectivity index (χ4v) is 3.74. The summed E-state index contributed by atoms with van der Waals surface area (Å²) in [7, 11) is 0. The molecule has 2 aliphatic rings. The average molecular weight is 353 g/mol. The largest absolute Gasteiger partial charge is 0.340 e. The number of hydrogen-bond donors (Lipinski definition) is 1. The van der Waals surface area contributed by atoms with Crippen LogP contribution in [0, 0.1) is 0 Å². The summed E-state index contributed by atoms with van der Waals surface area (Å²) >= 11 is 0. The van der Waals surface area contributed by atoms with Gasteiger partial charge < -0.3 is 15.1 Å². The SMILES string of the molecule is O=C(Cc1ccc(-n2cccn2)cc1)N1CCCC(N2CCNC2=O)C1. The molecule has 2 aliphatic heterocycles. The number of carbonyl (C=O) groups excluding carboxylic acids is 2. The Hall–Kier alpha value is -2.83. The number of nitrogens with one attached hydrogen (secondary N) is 1. The molecule has 0 aliphatic carbocycles. The molecular formula is C19H23N5O2. The lowest BCUT2D eigenvalue weighted by atomic mass is 10.0. The molecule has 0 radical (unpaired) electrons. The average Bonchev–Trinajstić information content (AvgIpc) is 3.34. The van der Waals surface area contributed by atoms with Gasteiger partial charge in [0.25, 0.3) is 0 Å². The third kappa shape index (κ3) is 3.42. The molecule has 1 unspecified atom stereocenters. The number of amides is 3. The van der Waals surface area contributed by atoms with Crippen LogP contribution in [0.3, 0.4) is 0 Å². The van der Waals surface area contributed by atoms with Crippen molar-refractivity contribution in [3.63, 3.8) is 0 Å². The zero-order valence-corrected chi connectivity index (χ0v) is 14.7. The number of carbonyl (C=O) groups is 2. The van der Waals surface area contributed by atoms with Gasteiger partial charge in [-0.2, -0.15) is 5.10 Å². The monoisotopic (exact) mass is 353 g/mol. The van der Waals surface area contributed by atoms with Gasteiger partial charge in [0.15, 0.2) is 0 Å². The van der Waals surface area contributed by atoms with Gasteiger partial charge in [0.05, 0.1) is 18.2 Å². The Morgan fingerprint density at radius 3 is 2.77 bits per heavy atom. The van der Waals surface area contributed by atoms with Crippen molar-refractivity contribution in [3.05, 3.63) is 48.3 Å². The van der Waals surface area contributed by atoms with E-state index in [0.29, 0.717) is 19.5 Å². The molecule has 0 spiro atoms. The molecule has 7 nitrogen and oxygen atoms in total. The first-order valence-corrected chi connectivity index (χ1v) is 9.12. The van der Waals surface area contributed by atoms with Crippen molar-refractivity contribution in [1.29, 1.82) is 0 Å². The Kier molecular flexibility index (Phi) is 4.60. The quantitative estimate of drug-likeness (QED) is 0.904. The van der Waals surface area contributed by atoms with Gasteiger partial charge >= 0.3 is 6.03 Å². The maximum absolute atomic E-state index is 12.7. The smallest absolute Gasteiger partial charge is 0.317 e. The summed E-state index contributed by atoms with van der Waals surface area (Å²) in [5.74, 6) is 0.126. The molecule has 1 aromatic heterocycles. The van der Waals surface area contributed by atoms with Gasteiger partial charge in [0.2, 0.25) is 5.91 Å². The summed E-state index contributed by atoms with van der Waals surface area (Å²) in [6, 6.07) is 9.92. The van der Waals surface area contributed by atoms with E-state index in [-0.39, 0.29) is 18.0 Å². The molecule has 1 N–H and O–H groups in total. The molecule has 136 valence electrons. The molecule has 26 heavy (non-hydrogen) atoms. The second-order valence-electron chi connectivity index (χ2n) is 6.85. The van der Waals surface area contributed by atoms with Crippen LogP contribution in [-0.2, 0) is 11.2 Å². The van der Waals surface area contributed by atoms with Crippen LogP contribution < -0.4 is 5.32 Å². The molecule has 2 fully saturated rings. The van der Waals surface area contributed by atoms with Crippen molar-refractivity contribution in [1.82, 2.24) is 24.9 Å². The molecule has 3 amide bonds. The van der Waals surface area contributed by atoms with E-state index < -0.39 is 0 Å². The lowest BCUT2D eigenvalue weighted by Gasteiger charge is -2.37. The number of benzene rings is 1. The number of rotatable bonds is 4. The highest BCUT2D eigenvalue weighted by atomic mass is 16.2. The summed E-state index contributed by atoms with van der Waals surface area (Å²) in [5, 5.41) is 7.05. The van der Waals surface area contributed by atoms with Crippen molar-refractivity contribution >= 4 is 11.9 Å². The van der Waals surface area contributed by atoms with E-state index in [2.05, 4.69) is 10.4 Å². The predicted molar refractivity (Wildman–Crippen MR) is 97.0 cm³/mol. The number of piperidine rings is 1. The second-order valence-corrected chi connectivity index (χ2v) is 6.85. The van der Waals surface area contributed by atoms with Crippen molar-refractivity contribution in [2.24, 2.45) is 0 Å². The summed E-state index contributed by atoms with van der Waals surface area (Å²) in [6.45, 7) is 2.85. The molecule has 0 bridgehead atoms. The molecule has 3 heterocycles. The fraction of sp³-hybridized carbons (Fsp3) is 0.421. The highest BCUT2D eigenvalue weighted by molar-refractivity contribution is 5.79. The topological polar surface area (TPSA) is 70.5 Å². The lowest BCUT2D eigenvalue weighted by Crippen LogP contribution is -2.51. The minimum absolute atomic E-state index is 0.00138. The second kappa shape index (κ2) is 7.19. The van der Waals surface area contributed by atoms with Gasteiger partial charge in [-0.15, -0.1) is 0 Å². The van der Waals surface area contributed by atoms with Gasteiger partial charge in [-0.1, -0.05) is 12.1 Å². The van der Waals surface area contributed by atoms with E-state index >= 15 is 0 Å². The van der Waals surface area contributed by atoms with Crippen LogP contribution in [0.4, 0.5) is 4.79 Å². The van der Waals surface area contributed by atoms with Crippen molar-refractivity contribution < 1.29 is 9.59 Å². The first-order valence-electron chi connectivity index (χ1n) is 9.12. The Morgan fingerprint density at radius 1 is 1.23 bits per heavy atom. The Balaban J connectivity index is 1.37. The van der Waals surface area contributed by atoms with Crippen LogP contribution in [0.25, 0.3) is 5.69 Å². The van der Waals surface area contributed by atoms with Gasteiger partial charge in [-0.3, -0.25) is 4.79 Å². The third-order valence-corrected chi connectivity index (χ3v) is 5.14. The zero-order valence-electron chi connectivity index (χ0n) is 14.7. The van der Waals surface area contributed by atoms with Gasteiger partial charge in [0, 0.05) is 38.6 Å². The normalized spacial score (nSPS) is 20.3. The minimum Gasteiger partial charge on any atom is -0.340 e. The Labute approximate surface area is 152 Å². The number of aromatic nitrogens is 2. The number of urea groups is 1. The number of likely N-dealkylation sites (tertiary alicyclic amines) is 1. The highest BCUT2D eigenvalue weighted by Gasteiger charge is 2.32. The van der Waals surface area contributed by atoms with Crippen molar-refractivity contribution in [2.75, 3.05) is 26.2 Å². The molecule has 0 saturated carbocycles. The molecule has 7 heteroatoms. The fourth-order valence-electron chi connectivity index (χ4n) is 3.74. The van der Waals surface area contributed by atoms with Crippen LogP contribution in [-0.4, -0.2) is 63.7 Å². The van der Waals surface area contributed by atoms with Crippen molar-refractivity contribution in [3.8, 4) is 5.69 Å². The van der Waals surface area contributed by atoms with E-state index in [1.165, 1.54) is 0 Å². The van der Waals surface area contributed by atoms with Crippen molar-refractivity contribution in [2.45, 2.75) is 25.3 Å². The maximum atomic E-state index is 12.7. The van der Waals surface area contributed by atoms with E-state index in [1.54, 1.807) is 10.9 Å². The summed E-state index contributed by atoms with van der Waals surface area (Å²) in [4.78, 5) is 28.4. The van der Waals surface area contributed by atoms with E-state index in [0.717, 1.165) is 37.2 Å². The standard InChI is InChI=1S/C19H23N5O2/c25-18(13-15-4-6-16(7-5-15)24-11-2-8-21-24)22-10-1-3-17(14-22)23-12-9-20-19(23)26/h2,4-8,11,17H,1,3,9-10,12-14H2,(H,20,26). The third-order valence-electron chi connectivity index (χ3n) is 5.14. The maximum Gasteiger partial charge on any atom is 0.317 e. The summed E-state index contributed by atoms with van der Waals surface area (Å²) < 4.78 is 1.79. The summed E-state index contributed by atoms with van der Waals surface area (Å²) in [6.07, 6.45) is 5.93. The summed E-state index contributed by atoms with van der Waals surface area (Å²) in [5.41, 5.74) is 1.97. The molecule has 2 saturated heterocycles. The molecular weight excluding hydrogens is 330 g/mol. The van der Waals surface area contributed by atoms with E-state index in [1.807, 2.05) is 46.3 Å². The van der Waals surface area contributed by atoms with Crippen LogP contribution in [0.15, 0.2) is 42.7 Å². The van der Waals surface area contributed by atoms with Gasteiger partial charge in [-0.05, 0) is 36.6 Å². The van der Waals surface area contributed by atoms with Crippen LogP contribution in [0.5, 0.6) is 0 Å². The predicted octanol–water partition coefficient (Wildman–Crippen LogP) is 1.43. The highest BCUT2D eigenvalue weighted by Crippen LogP contribution is 2.19. The Morgan fingerprint density at radius 2 is 2.08 bits per heavy atom.